The second kappa shape index (κ2) is 6.44. The van der Waals surface area contributed by atoms with Crippen LogP contribution in [0.1, 0.15) is 41.9 Å². The van der Waals surface area contributed by atoms with Crippen LogP contribution in [0.5, 0.6) is 0 Å². The summed E-state index contributed by atoms with van der Waals surface area (Å²) < 4.78 is 0. The highest BCUT2D eigenvalue weighted by Gasteiger charge is 2.30. The lowest BCUT2D eigenvalue weighted by atomic mass is 9.74. The fourth-order valence-electron chi connectivity index (χ4n) is 3.62. The quantitative estimate of drug-likeness (QED) is 0.878. The zero-order valence-electron chi connectivity index (χ0n) is 12.7. The predicted octanol–water partition coefficient (Wildman–Crippen LogP) is 4.48. The second-order valence-corrected chi connectivity index (χ2v) is 6.38. The number of hydrogen-bond donors (Lipinski definition) is 1. The predicted molar refractivity (Wildman–Crippen MR) is 87.4 cm³/mol. The largest absolute Gasteiger partial charge is 0.393 e. The zero-order valence-corrected chi connectivity index (χ0v) is 12.7. The Morgan fingerprint density at radius 2 is 1.67 bits per heavy atom. The molecule has 3 rings (SSSR count). The van der Waals surface area contributed by atoms with Gasteiger partial charge in [-0.1, -0.05) is 54.6 Å². The molecular weight excluding hydrogens is 256 g/mol. The lowest BCUT2D eigenvalue weighted by Gasteiger charge is -2.34. The van der Waals surface area contributed by atoms with Gasteiger partial charge in [0.15, 0.2) is 0 Å². The molecule has 0 heterocycles. The fourth-order valence-corrected chi connectivity index (χ4v) is 3.62. The first-order valence-corrected chi connectivity index (χ1v) is 8.01. The average molecular weight is 280 g/mol. The maximum absolute atomic E-state index is 10.4. The Balaban J connectivity index is 1.74. The lowest BCUT2D eigenvalue weighted by molar-refractivity contribution is 0.0619. The minimum Gasteiger partial charge on any atom is -0.393 e. The van der Waals surface area contributed by atoms with Gasteiger partial charge in [-0.25, -0.2) is 0 Å². The summed E-state index contributed by atoms with van der Waals surface area (Å²) in [5, 5.41) is 10.4. The molecule has 110 valence electrons. The maximum atomic E-state index is 10.4. The molecule has 0 bridgehead atoms. The first-order chi connectivity index (χ1) is 10.2. The molecule has 1 aliphatic carbocycles. The third kappa shape index (κ3) is 3.36. The topological polar surface area (TPSA) is 20.2 Å². The molecule has 0 spiro atoms. The van der Waals surface area contributed by atoms with E-state index in [0.29, 0.717) is 11.8 Å². The van der Waals surface area contributed by atoms with Gasteiger partial charge in [-0.2, -0.15) is 0 Å². The minimum absolute atomic E-state index is 0.149. The highest BCUT2D eigenvalue weighted by atomic mass is 16.3. The van der Waals surface area contributed by atoms with Gasteiger partial charge in [-0.05, 0) is 61.1 Å². The zero-order chi connectivity index (χ0) is 14.7. The van der Waals surface area contributed by atoms with Crippen molar-refractivity contribution in [2.24, 2.45) is 5.92 Å². The van der Waals surface area contributed by atoms with Crippen LogP contribution in [0.2, 0.25) is 0 Å². The molecule has 3 unspecified atom stereocenters. The molecule has 0 amide bonds. The molecule has 1 nitrogen and oxygen atoms in total. The van der Waals surface area contributed by atoms with Crippen LogP contribution >= 0.6 is 0 Å². The van der Waals surface area contributed by atoms with E-state index in [4.69, 9.17) is 0 Å². The van der Waals surface area contributed by atoms with Gasteiger partial charge in [0.05, 0.1) is 6.10 Å². The Bertz CT molecular complexity index is 575. The Labute approximate surface area is 127 Å². The first-order valence-electron chi connectivity index (χ1n) is 8.01. The van der Waals surface area contributed by atoms with Crippen molar-refractivity contribution < 1.29 is 5.11 Å². The van der Waals surface area contributed by atoms with E-state index in [1.165, 1.54) is 16.7 Å². The van der Waals surface area contributed by atoms with Gasteiger partial charge in [0.2, 0.25) is 0 Å². The van der Waals surface area contributed by atoms with Crippen molar-refractivity contribution in [3.05, 3.63) is 71.3 Å². The molecule has 2 aromatic carbocycles. The summed E-state index contributed by atoms with van der Waals surface area (Å²) in [6.07, 6.45) is 3.98. The molecule has 1 heteroatoms. The summed E-state index contributed by atoms with van der Waals surface area (Å²) in [4.78, 5) is 0. The van der Waals surface area contributed by atoms with Gasteiger partial charge in [0.25, 0.3) is 0 Å². The Morgan fingerprint density at radius 3 is 2.43 bits per heavy atom. The molecule has 0 aromatic heterocycles. The van der Waals surface area contributed by atoms with E-state index in [1.807, 2.05) is 0 Å². The molecule has 1 fully saturated rings. The molecule has 0 aliphatic heterocycles. The van der Waals surface area contributed by atoms with Gasteiger partial charge in [0, 0.05) is 0 Å². The van der Waals surface area contributed by atoms with Crippen molar-refractivity contribution in [1.82, 2.24) is 0 Å². The summed E-state index contributed by atoms with van der Waals surface area (Å²) in [5.41, 5.74) is 4.15. The third-order valence-corrected chi connectivity index (χ3v) is 4.96. The molecule has 21 heavy (non-hydrogen) atoms. The van der Waals surface area contributed by atoms with Crippen LogP contribution in [0, 0.1) is 12.8 Å². The number of hydrogen-bond acceptors (Lipinski definition) is 1. The van der Waals surface area contributed by atoms with Gasteiger partial charge in [-0.15, -0.1) is 0 Å². The van der Waals surface area contributed by atoms with Crippen molar-refractivity contribution in [2.75, 3.05) is 0 Å². The molecule has 2 aromatic rings. The van der Waals surface area contributed by atoms with Crippen LogP contribution in [0.25, 0.3) is 0 Å². The first kappa shape index (κ1) is 14.3. The van der Waals surface area contributed by atoms with Crippen molar-refractivity contribution in [3.8, 4) is 0 Å². The van der Waals surface area contributed by atoms with E-state index in [-0.39, 0.29) is 6.10 Å². The van der Waals surface area contributed by atoms with E-state index in [2.05, 4.69) is 61.5 Å². The van der Waals surface area contributed by atoms with Crippen molar-refractivity contribution in [3.63, 3.8) is 0 Å². The maximum Gasteiger partial charge on any atom is 0.0572 e. The smallest absolute Gasteiger partial charge is 0.0572 e. The van der Waals surface area contributed by atoms with Crippen LogP contribution in [-0.4, -0.2) is 11.2 Å². The standard InChI is InChI=1S/C20H24O/c1-15-7-5-6-10-17(15)13-19-14-18(11-12-20(19)21)16-8-3-2-4-9-16/h2-10,18-21H,11-14H2,1H3. The molecule has 1 N–H and O–H groups in total. The van der Waals surface area contributed by atoms with Crippen LogP contribution in [0.4, 0.5) is 0 Å². The third-order valence-electron chi connectivity index (χ3n) is 4.96. The highest BCUT2D eigenvalue weighted by Crippen LogP contribution is 2.38. The molecule has 3 atom stereocenters. The number of aliphatic hydroxyl groups excluding tert-OH is 1. The molecule has 0 saturated heterocycles. The van der Waals surface area contributed by atoms with Crippen LogP contribution in [0.3, 0.4) is 0 Å². The normalized spacial score (nSPS) is 25.7. The van der Waals surface area contributed by atoms with E-state index in [0.717, 1.165) is 25.7 Å². The monoisotopic (exact) mass is 280 g/mol. The lowest BCUT2D eigenvalue weighted by Crippen LogP contribution is -2.30. The van der Waals surface area contributed by atoms with Crippen LogP contribution in [0.15, 0.2) is 54.6 Å². The number of aryl methyl sites for hydroxylation is 1. The van der Waals surface area contributed by atoms with Gasteiger partial charge >= 0.3 is 0 Å². The van der Waals surface area contributed by atoms with E-state index in [9.17, 15) is 5.11 Å². The number of benzene rings is 2. The molecule has 1 saturated carbocycles. The Hall–Kier alpha value is -1.60. The minimum atomic E-state index is -0.149. The van der Waals surface area contributed by atoms with Crippen LogP contribution < -0.4 is 0 Å². The average Bonchev–Trinajstić information content (AvgIpc) is 2.52. The summed E-state index contributed by atoms with van der Waals surface area (Å²) in [6, 6.07) is 19.3. The van der Waals surface area contributed by atoms with E-state index >= 15 is 0 Å². The van der Waals surface area contributed by atoms with Gasteiger partial charge in [0.1, 0.15) is 0 Å². The highest BCUT2D eigenvalue weighted by molar-refractivity contribution is 5.27. The Kier molecular flexibility index (Phi) is 4.40. The molecule has 1 aliphatic rings. The summed E-state index contributed by atoms with van der Waals surface area (Å²) >= 11 is 0. The number of rotatable bonds is 3. The summed E-state index contributed by atoms with van der Waals surface area (Å²) in [7, 11) is 0. The van der Waals surface area contributed by atoms with Crippen molar-refractivity contribution in [1.29, 1.82) is 0 Å². The summed E-state index contributed by atoms with van der Waals surface area (Å²) in [6.45, 7) is 2.17. The number of aliphatic hydroxyl groups is 1. The SMILES string of the molecule is Cc1ccccc1CC1CC(c2ccccc2)CCC1O. The van der Waals surface area contributed by atoms with Gasteiger partial charge < -0.3 is 5.11 Å². The van der Waals surface area contributed by atoms with Crippen molar-refractivity contribution in [2.45, 2.75) is 44.6 Å². The van der Waals surface area contributed by atoms with E-state index in [1.54, 1.807) is 0 Å². The van der Waals surface area contributed by atoms with Crippen LogP contribution in [-0.2, 0) is 6.42 Å². The molecular formula is C20H24O. The summed E-state index contributed by atoms with van der Waals surface area (Å²) in [5.74, 6) is 0.980. The van der Waals surface area contributed by atoms with E-state index < -0.39 is 0 Å². The fraction of sp³-hybridized carbons (Fsp3) is 0.400. The second-order valence-electron chi connectivity index (χ2n) is 6.38. The molecule has 0 radical (unpaired) electrons. The Morgan fingerprint density at radius 1 is 0.952 bits per heavy atom. The van der Waals surface area contributed by atoms with Gasteiger partial charge in [-0.3, -0.25) is 0 Å². The van der Waals surface area contributed by atoms with Crippen molar-refractivity contribution >= 4 is 0 Å².